The number of methoxy groups -OCH3 is 1. The number of benzene rings is 1. The van der Waals surface area contributed by atoms with E-state index in [0.717, 1.165) is 9.87 Å². The molecule has 0 aliphatic carbocycles. The van der Waals surface area contributed by atoms with Crippen molar-refractivity contribution in [3.63, 3.8) is 0 Å². The van der Waals surface area contributed by atoms with E-state index in [1.807, 2.05) is 0 Å². The number of carbonyl (C=O) groups is 2. The number of hydrogen-bond acceptors (Lipinski definition) is 5. The largest absolute Gasteiger partial charge is 0.481 e. The van der Waals surface area contributed by atoms with Gasteiger partial charge in [-0.25, -0.2) is 13.2 Å². The van der Waals surface area contributed by atoms with Crippen LogP contribution in [-0.4, -0.2) is 50.0 Å². The standard InChI is InChI=1S/C15H19NO6S/c1-9-4-5-13(11(6-9)15(19)22-3)23(20,21)16-7-10(2)12(8-16)14(17)18/h4-6,10,12H,7-8H2,1-3H3,(H,17,18)/t10-,12-/m1/s1. The highest BCUT2D eigenvalue weighted by Gasteiger charge is 2.41. The fourth-order valence-electron chi connectivity index (χ4n) is 2.72. The number of nitrogens with zero attached hydrogens (tertiary/aromatic N) is 1. The van der Waals surface area contributed by atoms with Crippen molar-refractivity contribution in [3.8, 4) is 0 Å². The summed E-state index contributed by atoms with van der Waals surface area (Å²) in [5.74, 6) is -2.81. The molecule has 0 spiro atoms. The lowest BCUT2D eigenvalue weighted by atomic mass is 9.99. The average molecular weight is 341 g/mol. The van der Waals surface area contributed by atoms with Crippen LogP contribution >= 0.6 is 0 Å². The average Bonchev–Trinajstić information content (AvgIpc) is 2.89. The molecule has 2 atom stereocenters. The molecule has 7 nitrogen and oxygen atoms in total. The molecule has 1 heterocycles. The summed E-state index contributed by atoms with van der Waals surface area (Å²) in [6.45, 7) is 3.44. The summed E-state index contributed by atoms with van der Waals surface area (Å²) in [7, 11) is -2.79. The van der Waals surface area contributed by atoms with Crippen molar-refractivity contribution >= 4 is 22.0 Å². The number of carbonyl (C=O) groups excluding carboxylic acids is 1. The van der Waals surface area contributed by atoms with Gasteiger partial charge in [0.2, 0.25) is 10.0 Å². The van der Waals surface area contributed by atoms with Crippen LogP contribution in [0.15, 0.2) is 23.1 Å². The Bertz CT molecular complexity index is 742. The van der Waals surface area contributed by atoms with Crippen LogP contribution in [0.4, 0.5) is 0 Å². The summed E-state index contributed by atoms with van der Waals surface area (Å²) in [4.78, 5) is 22.9. The molecular formula is C15H19NO6S. The molecule has 126 valence electrons. The fraction of sp³-hybridized carbons (Fsp3) is 0.467. The van der Waals surface area contributed by atoms with Gasteiger partial charge in [0.25, 0.3) is 0 Å². The molecule has 8 heteroatoms. The van der Waals surface area contributed by atoms with Crippen molar-refractivity contribution in [2.24, 2.45) is 11.8 Å². The number of rotatable bonds is 4. The fourth-order valence-corrected chi connectivity index (χ4v) is 4.44. The molecule has 2 rings (SSSR count). The molecule has 0 saturated carbocycles. The highest BCUT2D eigenvalue weighted by Crippen LogP contribution is 2.30. The van der Waals surface area contributed by atoms with Crippen molar-refractivity contribution < 1.29 is 27.9 Å². The van der Waals surface area contributed by atoms with E-state index < -0.39 is 27.9 Å². The first kappa shape index (κ1) is 17.4. The molecule has 0 aromatic heterocycles. The molecule has 0 amide bonds. The molecule has 1 aromatic rings. The van der Waals surface area contributed by atoms with Crippen LogP contribution in [0.3, 0.4) is 0 Å². The number of hydrogen-bond donors (Lipinski definition) is 1. The zero-order chi connectivity index (χ0) is 17.4. The van der Waals surface area contributed by atoms with Gasteiger partial charge in [0.1, 0.15) is 0 Å². The number of carboxylic acid groups (broad SMARTS) is 1. The van der Waals surface area contributed by atoms with Crippen LogP contribution in [0.2, 0.25) is 0 Å². The summed E-state index contributed by atoms with van der Waals surface area (Å²) in [5, 5.41) is 9.16. The number of aryl methyl sites for hydroxylation is 1. The van der Waals surface area contributed by atoms with Gasteiger partial charge in [-0.05, 0) is 25.0 Å². The Balaban J connectivity index is 2.45. The van der Waals surface area contributed by atoms with Gasteiger partial charge in [-0.1, -0.05) is 18.6 Å². The first-order chi connectivity index (χ1) is 10.7. The third kappa shape index (κ3) is 3.23. The molecule has 1 aliphatic rings. The lowest BCUT2D eigenvalue weighted by molar-refractivity contribution is -0.142. The predicted molar refractivity (Wildman–Crippen MR) is 81.6 cm³/mol. The van der Waals surface area contributed by atoms with Gasteiger partial charge < -0.3 is 9.84 Å². The normalized spacial score (nSPS) is 22.0. The number of carboxylic acids is 1. The van der Waals surface area contributed by atoms with Crippen molar-refractivity contribution in [1.82, 2.24) is 4.31 Å². The molecule has 0 bridgehead atoms. The minimum Gasteiger partial charge on any atom is -0.481 e. The van der Waals surface area contributed by atoms with Crippen molar-refractivity contribution in [2.75, 3.05) is 20.2 Å². The van der Waals surface area contributed by atoms with Crippen LogP contribution in [0.1, 0.15) is 22.8 Å². The van der Waals surface area contributed by atoms with E-state index >= 15 is 0 Å². The van der Waals surface area contributed by atoms with E-state index in [4.69, 9.17) is 5.11 Å². The third-order valence-corrected chi connectivity index (χ3v) is 5.94. The zero-order valence-electron chi connectivity index (χ0n) is 13.1. The number of ether oxygens (including phenoxy) is 1. The molecule has 1 N–H and O–H groups in total. The maximum Gasteiger partial charge on any atom is 0.339 e. The van der Waals surface area contributed by atoms with Crippen molar-refractivity contribution in [2.45, 2.75) is 18.7 Å². The molecule has 1 aliphatic heterocycles. The molecular weight excluding hydrogens is 322 g/mol. The second kappa shape index (κ2) is 6.29. The van der Waals surface area contributed by atoms with E-state index in [2.05, 4.69) is 4.74 Å². The first-order valence-electron chi connectivity index (χ1n) is 7.10. The van der Waals surface area contributed by atoms with E-state index in [-0.39, 0.29) is 29.5 Å². The summed E-state index contributed by atoms with van der Waals surface area (Å²) in [6.07, 6.45) is 0. The van der Waals surface area contributed by atoms with E-state index in [9.17, 15) is 18.0 Å². The van der Waals surface area contributed by atoms with Crippen LogP contribution in [0.5, 0.6) is 0 Å². The molecule has 0 radical (unpaired) electrons. The summed E-state index contributed by atoms with van der Waals surface area (Å²) >= 11 is 0. The van der Waals surface area contributed by atoms with Crippen LogP contribution in [0, 0.1) is 18.8 Å². The molecule has 1 aromatic carbocycles. The number of esters is 1. The minimum absolute atomic E-state index is 0.0427. The smallest absolute Gasteiger partial charge is 0.339 e. The Morgan fingerprint density at radius 1 is 1.30 bits per heavy atom. The minimum atomic E-state index is -3.97. The topological polar surface area (TPSA) is 101 Å². The number of aliphatic carboxylic acids is 1. The van der Waals surface area contributed by atoms with E-state index in [1.165, 1.54) is 19.2 Å². The van der Waals surface area contributed by atoms with Crippen molar-refractivity contribution in [1.29, 1.82) is 0 Å². The van der Waals surface area contributed by atoms with Crippen LogP contribution in [-0.2, 0) is 19.6 Å². The molecule has 23 heavy (non-hydrogen) atoms. The highest BCUT2D eigenvalue weighted by atomic mass is 32.2. The van der Waals surface area contributed by atoms with Gasteiger partial charge in [0.05, 0.1) is 23.5 Å². The summed E-state index contributed by atoms with van der Waals surface area (Å²) < 4.78 is 31.4. The van der Waals surface area contributed by atoms with E-state index in [0.29, 0.717) is 0 Å². The SMILES string of the molecule is COC(=O)c1cc(C)ccc1S(=O)(=O)N1C[C@@H](C)[C@H](C(=O)O)C1. The second-order valence-corrected chi connectivity index (χ2v) is 7.64. The van der Waals surface area contributed by atoms with E-state index in [1.54, 1.807) is 19.9 Å². The lowest BCUT2D eigenvalue weighted by Crippen LogP contribution is -2.31. The third-order valence-electron chi connectivity index (χ3n) is 4.05. The molecule has 1 saturated heterocycles. The van der Waals surface area contributed by atoms with Crippen LogP contribution in [0.25, 0.3) is 0 Å². The predicted octanol–water partition coefficient (Wildman–Crippen LogP) is 1.12. The molecule has 1 fully saturated rings. The Hall–Kier alpha value is -1.93. The number of sulfonamides is 1. The van der Waals surface area contributed by atoms with Gasteiger partial charge in [-0.15, -0.1) is 0 Å². The lowest BCUT2D eigenvalue weighted by Gasteiger charge is -2.18. The van der Waals surface area contributed by atoms with Gasteiger partial charge in [-0.3, -0.25) is 4.79 Å². The monoisotopic (exact) mass is 341 g/mol. The Kier molecular flexibility index (Phi) is 4.76. The van der Waals surface area contributed by atoms with Gasteiger partial charge in [0, 0.05) is 13.1 Å². The quantitative estimate of drug-likeness (QED) is 0.824. The summed E-state index contributed by atoms with van der Waals surface area (Å²) in [6, 6.07) is 4.40. The summed E-state index contributed by atoms with van der Waals surface area (Å²) in [5.41, 5.74) is 0.682. The highest BCUT2D eigenvalue weighted by molar-refractivity contribution is 7.89. The van der Waals surface area contributed by atoms with Gasteiger partial charge in [0.15, 0.2) is 0 Å². The maximum absolute atomic E-state index is 12.8. The second-order valence-electron chi connectivity index (χ2n) is 5.74. The van der Waals surface area contributed by atoms with Crippen molar-refractivity contribution in [3.05, 3.63) is 29.3 Å². The Morgan fingerprint density at radius 3 is 2.48 bits per heavy atom. The van der Waals surface area contributed by atoms with Gasteiger partial charge >= 0.3 is 11.9 Å². The Labute approximate surface area is 134 Å². The van der Waals surface area contributed by atoms with Gasteiger partial charge in [-0.2, -0.15) is 4.31 Å². The molecule has 0 unspecified atom stereocenters. The first-order valence-corrected chi connectivity index (χ1v) is 8.54. The van der Waals surface area contributed by atoms with Crippen LogP contribution < -0.4 is 0 Å². The Morgan fingerprint density at radius 2 is 1.96 bits per heavy atom. The zero-order valence-corrected chi connectivity index (χ0v) is 14.0. The maximum atomic E-state index is 12.8.